The molecule has 0 aliphatic rings. The molecule has 0 unspecified atom stereocenters. The number of alkyl halides is 3. The smallest absolute Gasteiger partial charge is 0.325 e. The first-order valence-corrected chi connectivity index (χ1v) is 8.65. The van der Waals surface area contributed by atoms with Gasteiger partial charge in [0.2, 0.25) is 0 Å². The van der Waals surface area contributed by atoms with Crippen LogP contribution >= 0.6 is 0 Å². The summed E-state index contributed by atoms with van der Waals surface area (Å²) in [5, 5.41) is 11.1. The minimum atomic E-state index is -4.44. The number of benzene rings is 1. The van der Waals surface area contributed by atoms with E-state index in [4.69, 9.17) is 0 Å². The van der Waals surface area contributed by atoms with E-state index in [0.29, 0.717) is 17.2 Å². The van der Waals surface area contributed by atoms with E-state index in [1.165, 1.54) is 0 Å². The molecule has 0 fully saturated rings. The highest BCUT2D eigenvalue weighted by Crippen LogP contribution is 2.30. The SMILES string of the molecule is Cc1cc(Nc2cc(C(F)(F)F)ccn2)nc(-c2cn(-c3ccccc3)nn2)c1. The molecule has 0 spiro atoms. The normalized spacial score (nSPS) is 11.4. The second-order valence-corrected chi connectivity index (χ2v) is 6.35. The highest BCUT2D eigenvalue weighted by molar-refractivity contribution is 5.61. The lowest BCUT2D eigenvalue weighted by atomic mass is 10.2. The van der Waals surface area contributed by atoms with Gasteiger partial charge in [0.25, 0.3) is 0 Å². The van der Waals surface area contributed by atoms with Gasteiger partial charge in [-0.1, -0.05) is 23.4 Å². The van der Waals surface area contributed by atoms with Crippen LogP contribution in [0.2, 0.25) is 0 Å². The fourth-order valence-electron chi connectivity index (χ4n) is 2.76. The van der Waals surface area contributed by atoms with Crippen LogP contribution in [0, 0.1) is 6.92 Å². The summed E-state index contributed by atoms with van der Waals surface area (Å²) in [7, 11) is 0. The third kappa shape index (κ3) is 4.23. The van der Waals surface area contributed by atoms with Crippen molar-refractivity contribution in [2.75, 3.05) is 5.32 Å². The second-order valence-electron chi connectivity index (χ2n) is 6.35. The van der Waals surface area contributed by atoms with Crippen LogP contribution < -0.4 is 5.32 Å². The minimum Gasteiger partial charge on any atom is -0.325 e. The van der Waals surface area contributed by atoms with Crippen LogP contribution in [-0.4, -0.2) is 25.0 Å². The lowest BCUT2D eigenvalue weighted by Crippen LogP contribution is -2.06. The molecular formula is C20H15F3N6. The van der Waals surface area contributed by atoms with Crippen molar-refractivity contribution in [3.8, 4) is 17.1 Å². The van der Waals surface area contributed by atoms with Gasteiger partial charge in [-0.05, 0) is 48.9 Å². The summed E-state index contributed by atoms with van der Waals surface area (Å²) in [4.78, 5) is 8.39. The van der Waals surface area contributed by atoms with Gasteiger partial charge in [0.1, 0.15) is 17.3 Å². The van der Waals surface area contributed by atoms with Crippen molar-refractivity contribution in [1.29, 1.82) is 0 Å². The van der Waals surface area contributed by atoms with Crippen LogP contribution in [0.1, 0.15) is 11.1 Å². The Hall–Kier alpha value is -3.75. The number of pyridine rings is 2. The zero-order chi connectivity index (χ0) is 20.4. The number of hydrogen-bond donors (Lipinski definition) is 1. The Labute approximate surface area is 164 Å². The monoisotopic (exact) mass is 396 g/mol. The number of aryl methyl sites for hydroxylation is 1. The maximum Gasteiger partial charge on any atom is 0.416 e. The molecule has 0 amide bonds. The Morgan fingerprint density at radius 1 is 0.931 bits per heavy atom. The Kier molecular flexibility index (Phi) is 4.71. The van der Waals surface area contributed by atoms with Gasteiger partial charge in [-0.25, -0.2) is 14.6 Å². The molecule has 1 aromatic carbocycles. The summed E-state index contributed by atoms with van der Waals surface area (Å²) in [5.41, 5.74) is 2.01. The molecule has 9 heteroatoms. The number of nitrogens with one attached hydrogen (secondary N) is 1. The van der Waals surface area contributed by atoms with Crippen LogP contribution in [0.15, 0.2) is 67.0 Å². The predicted octanol–water partition coefficient (Wildman–Crippen LogP) is 4.80. The fraction of sp³-hybridized carbons (Fsp3) is 0.100. The first-order chi connectivity index (χ1) is 13.9. The van der Waals surface area contributed by atoms with Crippen LogP contribution in [0.4, 0.5) is 24.8 Å². The molecule has 0 saturated heterocycles. The van der Waals surface area contributed by atoms with Crippen molar-refractivity contribution in [3.63, 3.8) is 0 Å². The van der Waals surface area contributed by atoms with E-state index in [1.54, 1.807) is 16.9 Å². The maximum atomic E-state index is 12.9. The summed E-state index contributed by atoms with van der Waals surface area (Å²) < 4.78 is 40.4. The van der Waals surface area contributed by atoms with E-state index in [0.717, 1.165) is 29.6 Å². The van der Waals surface area contributed by atoms with E-state index in [9.17, 15) is 13.2 Å². The number of para-hydroxylation sites is 1. The Balaban J connectivity index is 1.63. The fourth-order valence-corrected chi connectivity index (χ4v) is 2.76. The number of rotatable bonds is 4. The molecule has 3 aromatic heterocycles. The Morgan fingerprint density at radius 2 is 1.72 bits per heavy atom. The molecule has 0 bridgehead atoms. The van der Waals surface area contributed by atoms with E-state index in [-0.39, 0.29) is 5.82 Å². The summed E-state index contributed by atoms with van der Waals surface area (Å²) in [6.45, 7) is 1.86. The standard InChI is InChI=1S/C20H15F3N6/c1-13-9-16(17-12-29(28-27-17)15-5-3-2-4-6-15)25-19(10-13)26-18-11-14(7-8-24-18)20(21,22)23/h2-12H,1H3,(H,24,25,26). The van der Waals surface area contributed by atoms with Gasteiger partial charge in [-0.15, -0.1) is 5.10 Å². The minimum absolute atomic E-state index is 0.0526. The molecule has 0 aliphatic carbocycles. The van der Waals surface area contributed by atoms with Gasteiger partial charge in [0, 0.05) is 6.20 Å². The molecule has 29 heavy (non-hydrogen) atoms. The largest absolute Gasteiger partial charge is 0.416 e. The second kappa shape index (κ2) is 7.34. The Bertz CT molecular complexity index is 1140. The van der Waals surface area contributed by atoms with Crippen LogP contribution in [-0.2, 0) is 6.18 Å². The maximum absolute atomic E-state index is 12.9. The van der Waals surface area contributed by atoms with Crippen molar-refractivity contribution in [2.45, 2.75) is 13.1 Å². The van der Waals surface area contributed by atoms with Crippen molar-refractivity contribution in [2.24, 2.45) is 0 Å². The van der Waals surface area contributed by atoms with E-state index in [2.05, 4.69) is 25.6 Å². The number of aromatic nitrogens is 5. The first-order valence-electron chi connectivity index (χ1n) is 8.65. The third-order valence-electron chi connectivity index (χ3n) is 4.09. The van der Waals surface area contributed by atoms with Crippen molar-refractivity contribution in [3.05, 3.63) is 78.1 Å². The molecule has 0 radical (unpaired) electrons. The van der Waals surface area contributed by atoms with E-state index < -0.39 is 11.7 Å². The first kappa shape index (κ1) is 18.6. The van der Waals surface area contributed by atoms with E-state index >= 15 is 0 Å². The zero-order valence-corrected chi connectivity index (χ0v) is 15.2. The highest BCUT2D eigenvalue weighted by atomic mass is 19.4. The van der Waals surface area contributed by atoms with E-state index in [1.807, 2.05) is 43.3 Å². The van der Waals surface area contributed by atoms with Gasteiger partial charge in [0.15, 0.2) is 0 Å². The summed E-state index contributed by atoms with van der Waals surface area (Å²) in [6, 6.07) is 14.9. The predicted molar refractivity (Wildman–Crippen MR) is 102 cm³/mol. The number of anilines is 2. The molecule has 4 rings (SSSR count). The van der Waals surface area contributed by atoms with Crippen molar-refractivity contribution < 1.29 is 13.2 Å². The van der Waals surface area contributed by atoms with Crippen molar-refractivity contribution >= 4 is 11.6 Å². The number of hydrogen-bond acceptors (Lipinski definition) is 5. The molecule has 3 heterocycles. The molecule has 0 aliphatic heterocycles. The quantitative estimate of drug-likeness (QED) is 0.537. The molecule has 4 aromatic rings. The molecular weight excluding hydrogens is 381 g/mol. The lowest BCUT2D eigenvalue weighted by Gasteiger charge is -2.10. The molecule has 6 nitrogen and oxygen atoms in total. The van der Waals surface area contributed by atoms with Crippen LogP contribution in [0.25, 0.3) is 17.1 Å². The third-order valence-corrected chi connectivity index (χ3v) is 4.09. The molecule has 146 valence electrons. The topological polar surface area (TPSA) is 68.5 Å². The van der Waals surface area contributed by atoms with Gasteiger partial charge in [-0.2, -0.15) is 13.2 Å². The van der Waals surface area contributed by atoms with Crippen LogP contribution in [0.5, 0.6) is 0 Å². The Morgan fingerprint density at radius 3 is 2.48 bits per heavy atom. The summed E-state index contributed by atoms with van der Waals surface area (Å²) in [5.74, 6) is 0.415. The van der Waals surface area contributed by atoms with Gasteiger partial charge >= 0.3 is 6.18 Å². The van der Waals surface area contributed by atoms with Crippen LogP contribution in [0.3, 0.4) is 0 Å². The molecule has 1 N–H and O–H groups in total. The number of halogens is 3. The van der Waals surface area contributed by atoms with Crippen molar-refractivity contribution in [1.82, 2.24) is 25.0 Å². The lowest BCUT2D eigenvalue weighted by molar-refractivity contribution is -0.137. The van der Waals surface area contributed by atoms with Gasteiger partial charge < -0.3 is 5.32 Å². The van der Waals surface area contributed by atoms with Gasteiger partial charge in [-0.3, -0.25) is 0 Å². The highest BCUT2D eigenvalue weighted by Gasteiger charge is 2.30. The zero-order valence-electron chi connectivity index (χ0n) is 15.2. The van der Waals surface area contributed by atoms with Gasteiger partial charge in [0.05, 0.1) is 23.1 Å². The summed E-state index contributed by atoms with van der Waals surface area (Å²) >= 11 is 0. The average molecular weight is 396 g/mol. The number of nitrogens with zero attached hydrogens (tertiary/aromatic N) is 5. The molecule has 0 atom stereocenters. The summed E-state index contributed by atoms with van der Waals surface area (Å²) in [6.07, 6.45) is -1.60. The molecule has 0 saturated carbocycles. The average Bonchev–Trinajstić information content (AvgIpc) is 3.18.